The van der Waals surface area contributed by atoms with Gasteiger partial charge >= 0.3 is 29.6 Å². The first-order valence-electron chi connectivity index (χ1n) is 7.02. The van der Waals surface area contributed by atoms with E-state index in [9.17, 15) is 14.7 Å². The van der Waals surface area contributed by atoms with E-state index in [0.717, 1.165) is 10.7 Å². The Hall–Kier alpha value is 1.15. The fourth-order valence-electron chi connectivity index (χ4n) is 1.69. The quantitative estimate of drug-likeness (QED) is 0.235. The van der Waals surface area contributed by atoms with E-state index in [4.69, 9.17) is 4.74 Å². The summed E-state index contributed by atoms with van der Waals surface area (Å²) in [7, 11) is 0. The first-order chi connectivity index (χ1) is 10.7. The summed E-state index contributed by atoms with van der Waals surface area (Å²) >= 11 is 6.40. The molecule has 1 aromatic carbocycles. The van der Waals surface area contributed by atoms with Crippen LogP contribution in [0.4, 0.5) is 0 Å². The molecule has 128 valence electrons. The van der Waals surface area contributed by atoms with Crippen LogP contribution in [0.25, 0.3) is 0 Å². The Morgan fingerprint density at radius 2 is 1.88 bits per heavy atom. The van der Waals surface area contributed by atoms with Gasteiger partial charge in [0.15, 0.2) is 0 Å². The van der Waals surface area contributed by atoms with Crippen LogP contribution in [-0.4, -0.2) is 25.0 Å². The van der Waals surface area contributed by atoms with Crippen molar-refractivity contribution >= 4 is 79.6 Å². The summed E-state index contributed by atoms with van der Waals surface area (Å²) in [4.78, 5) is 22.8. The van der Waals surface area contributed by atoms with Gasteiger partial charge in [-0.1, -0.05) is 13.8 Å². The molecule has 1 amide bonds. The van der Waals surface area contributed by atoms with E-state index >= 15 is 0 Å². The van der Waals surface area contributed by atoms with Gasteiger partial charge in [-0.15, -0.1) is 0 Å². The maximum Gasteiger partial charge on any atom is 1.00 e. The third-order valence-electron chi connectivity index (χ3n) is 2.80. The minimum Gasteiger partial charge on any atom is -0.550 e. The molecule has 9 heteroatoms. The van der Waals surface area contributed by atoms with E-state index in [1.807, 2.05) is 19.9 Å². The third-order valence-corrected chi connectivity index (χ3v) is 5.48. The number of amides is 1. The zero-order valence-electron chi connectivity index (χ0n) is 13.8. The number of carboxylic acid groups (broad SMARTS) is 1. The second-order valence-electron chi connectivity index (χ2n) is 5.29. The summed E-state index contributed by atoms with van der Waals surface area (Å²) in [6.45, 7) is 4.96. The van der Waals surface area contributed by atoms with Crippen molar-refractivity contribution in [2.75, 3.05) is 13.2 Å². The first-order valence-corrected chi connectivity index (χ1v) is 10.3. The molecule has 1 aromatic rings. The second-order valence-corrected chi connectivity index (χ2v) is 8.69. The number of carbonyl (C=O) groups is 2. The summed E-state index contributed by atoms with van der Waals surface area (Å²) in [5.41, 5.74) is 0.599. The van der Waals surface area contributed by atoms with Gasteiger partial charge < -0.3 is 20.0 Å². The second kappa shape index (κ2) is 12.5. The number of hydrogen-bond donors (Lipinski definition) is 1. The van der Waals surface area contributed by atoms with Crippen LogP contribution in [0.2, 0.25) is 0 Å². The van der Waals surface area contributed by atoms with Crippen LogP contribution in [0.5, 0.6) is 5.75 Å². The molecule has 5 nitrogen and oxygen atoms in total. The molecule has 1 N–H and O–H groups in total. The predicted molar refractivity (Wildman–Crippen MR) is 112 cm³/mol. The minimum atomic E-state index is -1.09. The Morgan fingerprint density at radius 1 is 1.25 bits per heavy atom. The molecule has 0 saturated heterocycles. The summed E-state index contributed by atoms with van der Waals surface area (Å²) in [6.07, 6.45) is 0.328. The molecule has 24 heavy (non-hydrogen) atoms. The van der Waals surface area contributed by atoms with Crippen LogP contribution in [0, 0.1) is 16.6 Å². The zero-order valence-corrected chi connectivity index (χ0v) is 22.2. The van der Waals surface area contributed by atoms with Crippen LogP contribution in [0.3, 0.4) is 0 Å². The molecule has 0 atom stereocenters. The number of ether oxygens (including phenoxy) is 1. The molecule has 0 spiro atoms. The van der Waals surface area contributed by atoms with Gasteiger partial charge in [-0.2, -0.15) is 0 Å². The molecule has 0 aliphatic heterocycles. The van der Waals surface area contributed by atoms with Crippen molar-refractivity contribution in [1.82, 2.24) is 5.32 Å². The smallest absolute Gasteiger partial charge is 0.550 e. The van der Waals surface area contributed by atoms with Gasteiger partial charge in [-0.3, -0.25) is 4.79 Å². The molecule has 0 bridgehead atoms. The van der Waals surface area contributed by atoms with E-state index in [0.29, 0.717) is 30.2 Å². The molecular formula is C15H17I3NNaO4. The van der Waals surface area contributed by atoms with E-state index in [1.54, 1.807) is 0 Å². The number of carboxylic acids is 1. The molecule has 0 aromatic heterocycles. The molecule has 0 unspecified atom stereocenters. The largest absolute Gasteiger partial charge is 1.00 e. The molecule has 1 rings (SSSR count). The fraction of sp³-hybridized carbons (Fsp3) is 0.467. The predicted octanol–water partition coefficient (Wildman–Crippen LogP) is -0.201. The standard InChI is InChI=1S/C15H18I3NO4.Na/c1-8(2)7-19-15(22)12-9(16)6-10(17)14(13(12)18)23-5-3-4-11(20)21;/h6,8H,3-5,7H2,1-2H3,(H,19,22)(H,20,21);/q;+1/p-1. The molecule has 0 radical (unpaired) electrons. The summed E-state index contributed by atoms with van der Waals surface area (Å²) < 4.78 is 8.20. The van der Waals surface area contributed by atoms with E-state index in [2.05, 4.69) is 73.1 Å². The molecular weight excluding hydrogens is 662 g/mol. The van der Waals surface area contributed by atoms with Crippen LogP contribution in [-0.2, 0) is 4.79 Å². The number of hydrogen-bond acceptors (Lipinski definition) is 4. The Kier molecular flexibility index (Phi) is 13.1. The number of carbonyl (C=O) groups excluding carboxylic acids is 2. The maximum atomic E-state index is 12.4. The molecule has 0 heterocycles. The van der Waals surface area contributed by atoms with Gasteiger partial charge in [0.2, 0.25) is 0 Å². The van der Waals surface area contributed by atoms with E-state index in [1.165, 1.54) is 0 Å². The monoisotopic (exact) mass is 679 g/mol. The summed E-state index contributed by atoms with van der Waals surface area (Å²) in [5.74, 6) is -0.212. The summed E-state index contributed by atoms with van der Waals surface area (Å²) in [5, 5.41) is 13.4. The van der Waals surface area contributed by atoms with Gasteiger partial charge in [0, 0.05) is 16.1 Å². The number of aliphatic carboxylic acids is 1. The average molecular weight is 679 g/mol. The average Bonchev–Trinajstić information content (AvgIpc) is 2.43. The Labute approximate surface area is 205 Å². The third kappa shape index (κ3) is 8.23. The van der Waals surface area contributed by atoms with Crippen LogP contribution in [0.15, 0.2) is 6.07 Å². The number of nitrogens with one attached hydrogen (secondary N) is 1. The van der Waals surface area contributed by atoms with Gasteiger partial charge in [0.25, 0.3) is 5.91 Å². The Morgan fingerprint density at radius 3 is 2.42 bits per heavy atom. The van der Waals surface area contributed by atoms with Crippen molar-refractivity contribution in [3.63, 3.8) is 0 Å². The van der Waals surface area contributed by atoms with Crippen molar-refractivity contribution in [3.05, 3.63) is 22.3 Å². The minimum absolute atomic E-state index is 0. The molecule has 0 aliphatic rings. The van der Waals surface area contributed by atoms with Crippen LogP contribution < -0.4 is 44.7 Å². The van der Waals surface area contributed by atoms with Crippen LogP contribution in [0.1, 0.15) is 37.0 Å². The molecule has 0 fully saturated rings. The van der Waals surface area contributed by atoms with Crippen molar-refractivity contribution < 1.29 is 49.0 Å². The van der Waals surface area contributed by atoms with Crippen LogP contribution >= 0.6 is 67.8 Å². The molecule has 0 saturated carbocycles. The topological polar surface area (TPSA) is 78.5 Å². The number of rotatable bonds is 8. The first kappa shape index (κ1) is 25.1. The molecule has 0 aliphatic carbocycles. The van der Waals surface area contributed by atoms with Gasteiger partial charge in [0.05, 0.1) is 19.3 Å². The fourth-order valence-corrected chi connectivity index (χ4v) is 5.86. The van der Waals surface area contributed by atoms with Crippen molar-refractivity contribution in [3.8, 4) is 5.75 Å². The van der Waals surface area contributed by atoms with Gasteiger partial charge in [-0.25, -0.2) is 0 Å². The Bertz CT molecular complexity index is 597. The maximum absolute atomic E-state index is 12.4. The van der Waals surface area contributed by atoms with Gasteiger partial charge in [0.1, 0.15) is 5.75 Å². The van der Waals surface area contributed by atoms with Crippen molar-refractivity contribution in [2.24, 2.45) is 5.92 Å². The summed E-state index contributed by atoms with van der Waals surface area (Å²) in [6, 6.07) is 1.89. The Balaban J connectivity index is 0.00000529. The number of halogens is 3. The SMILES string of the molecule is CC(C)CNC(=O)c1c(I)cc(I)c(OCCCC(=O)[O-])c1I.[Na+]. The van der Waals surface area contributed by atoms with Gasteiger partial charge in [-0.05, 0) is 92.6 Å². The van der Waals surface area contributed by atoms with Crippen molar-refractivity contribution in [1.29, 1.82) is 0 Å². The number of benzene rings is 1. The zero-order chi connectivity index (χ0) is 17.6. The van der Waals surface area contributed by atoms with E-state index in [-0.39, 0.29) is 48.5 Å². The van der Waals surface area contributed by atoms with E-state index < -0.39 is 5.97 Å². The normalized spacial score (nSPS) is 10.2. The van der Waals surface area contributed by atoms with Crippen molar-refractivity contribution in [2.45, 2.75) is 26.7 Å².